The van der Waals surface area contributed by atoms with Crippen LogP contribution >= 0.6 is 34.2 Å². The molecule has 0 atom stereocenters. The highest BCUT2D eigenvalue weighted by atomic mass is 127. The molecule has 0 aliphatic rings. The number of hydrogen-bond donors (Lipinski definition) is 0. The Labute approximate surface area is 148 Å². The molecule has 0 spiro atoms. The minimum Gasteiger partial charge on any atom is -0.231 e. The van der Waals surface area contributed by atoms with Crippen LogP contribution in [0, 0.1) is 3.57 Å². The highest BCUT2D eigenvalue weighted by Crippen LogP contribution is 2.28. The average molecular weight is 427 g/mol. The van der Waals surface area contributed by atoms with Gasteiger partial charge in [0, 0.05) is 14.7 Å². The van der Waals surface area contributed by atoms with E-state index in [1.54, 1.807) is 0 Å². The van der Waals surface area contributed by atoms with Crippen LogP contribution in [0.15, 0.2) is 30.3 Å². The van der Waals surface area contributed by atoms with Gasteiger partial charge in [-0.25, -0.2) is 9.67 Å². The van der Waals surface area contributed by atoms with Crippen LogP contribution in [0.4, 0.5) is 0 Å². The molecule has 1 aromatic carbocycles. The van der Waals surface area contributed by atoms with Gasteiger partial charge in [-0.05, 0) is 40.3 Å². The Bertz CT molecular complexity index is 836. The number of benzene rings is 1. The lowest BCUT2D eigenvalue weighted by Crippen LogP contribution is -2.14. The molecule has 114 valence electrons. The molecule has 0 aliphatic carbocycles. The highest BCUT2D eigenvalue weighted by molar-refractivity contribution is 14.1. The van der Waals surface area contributed by atoms with E-state index >= 15 is 0 Å². The van der Waals surface area contributed by atoms with Crippen molar-refractivity contribution < 1.29 is 0 Å². The summed E-state index contributed by atoms with van der Waals surface area (Å²) in [5.41, 5.74) is 3.44. The first kappa shape index (κ1) is 15.7. The molecule has 4 nitrogen and oxygen atoms in total. The first-order chi connectivity index (χ1) is 10.4. The summed E-state index contributed by atoms with van der Waals surface area (Å²) in [6, 6.07) is 10.1. The van der Waals surface area contributed by atoms with E-state index in [4.69, 9.17) is 16.6 Å². The molecule has 0 radical (unpaired) electrons. The van der Waals surface area contributed by atoms with Crippen molar-refractivity contribution in [2.75, 3.05) is 0 Å². The Morgan fingerprint density at radius 3 is 2.64 bits per heavy atom. The van der Waals surface area contributed by atoms with Crippen molar-refractivity contribution in [3.63, 3.8) is 0 Å². The first-order valence-electron chi connectivity index (χ1n) is 7.00. The predicted molar refractivity (Wildman–Crippen MR) is 97.3 cm³/mol. The Morgan fingerprint density at radius 1 is 1.23 bits per heavy atom. The number of halogens is 2. The van der Waals surface area contributed by atoms with E-state index in [0.29, 0.717) is 17.1 Å². The average Bonchev–Trinajstić information content (AvgIpc) is 2.84. The summed E-state index contributed by atoms with van der Waals surface area (Å²) >= 11 is 8.69. The van der Waals surface area contributed by atoms with Crippen LogP contribution in [-0.4, -0.2) is 20.0 Å². The molecule has 0 fully saturated rings. The number of hydrogen-bond acceptors (Lipinski definition) is 3. The highest BCUT2D eigenvalue weighted by Gasteiger charge is 2.20. The van der Waals surface area contributed by atoms with Crippen LogP contribution in [0.1, 0.15) is 32.0 Å². The van der Waals surface area contributed by atoms with Crippen molar-refractivity contribution in [3.05, 3.63) is 50.2 Å². The van der Waals surface area contributed by atoms with Crippen LogP contribution < -0.4 is 0 Å². The van der Waals surface area contributed by atoms with Crippen molar-refractivity contribution in [3.8, 4) is 0 Å². The van der Waals surface area contributed by atoms with Gasteiger partial charge in [-0.2, -0.15) is 0 Å². The SMILES string of the molecule is CC(C)(C)c1cc(Cl)c2nnn(Cc3ccccc3I)c2n1. The summed E-state index contributed by atoms with van der Waals surface area (Å²) < 4.78 is 3.01. The fraction of sp³-hybridized carbons (Fsp3) is 0.312. The lowest BCUT2D eigenvalue weighted by Gasteiger charge is -2.18. The van der Waals surface area contributed by atoms with Crippen LogP contribution in [0.3, 0.4) is 0 Å². The number of fused-ring (bicyclic) bond motifs is 1. The summed E-state index contributed by atoms with van der Waals surface area (Å²) in [5, 5.41) is 9.02. The maximum Gasteiger partial charge on any atom is 0.180 e. The van der Waals surface area contributed by atoms with Gasteiger partial charge in [0.2, 0.25) is 0 Å². The summed E-state index contributed by atoms with van der Waals surface area (Å²) in [4.78, 5) is 4.74. The van der Waals surface area contributed by atoms with Gasteiger partial charge in [-0.15, -0.1) is 5.10 Å². The molecular weight excluding hydrogens is 411 g/mol. The van der Waals surface area contributed by atoms with E-state index < -0.39 is 0 Å². The molecule has 0 aliphatic heterocycles. The van der Waals surface area contributed by atoms with Crippen LogP contribution in [-0.2, 0) is 12.0 Å². The second kappa shape index (κ2) is 5.77. The van der Waals surface area contributed by atoms with Crippen molar-refractivity contribution in [1.29, 1.82) is 0 Å². The lowest BCUT2D eigenvalue weighted by atomic mass is 9.92. The minimum atomic E-state index is -0.0753. The zero-order chi connectivity index (χ0) is 15.9. The fourth-order valence-electron chi connectivity index (χ4n) is 2.19. The molecule has 3 aromatic rings. The molecule has 0 bridgehead atoms. The Hall–Kier alpha value is -1.21. The monoisotopic (exact) mass is 426 g/mol. The fourth-order valence-corrected chi connectivity index (χ4v) is 2.97. The van der Waals surface area contributed by atoms with Crippen molar-refractivity contribution >= 4 is 45.4 Å². The first-order valence-corrected chi connectivity index (χ1v) is 8.45. The lowest BCUT2D eigenvalue weighted by molar-refractivity contribution is 0.568. The number of pyridine rings is 1. The third kappa shape index (κ3) is 2.96. The predicted octanol–water partition coefficient (Wildman–Crippen LogP) is 4.43. The van der Waals surface area contributed by atoms with Gasteiger partial charge in [-0.3, -0.25) is 0 Å². The van der Waals surface area contributed by atoms with Gasteiger partial charge in [-0.1, -0.05) is 55.8 Å². The van der Waals surface area contributed by atoms with E-state index in [1.807, 2.05) is 22.9 Å². The van der Waals surface area contributed by atoms with E-state index in [2.05, 4.69) is 65.8 Å². The maximum absolute atomic E-state index is 6.36. The van der Waals surface area contributed by atoms with Crippen LogP contribution in [0.2, 0.25) is 5.02 Å². The molecule has 0 unspecified atom stereocenters. The molecule has 0 amide bonds. The van der Waals surface area contributed by atoms with E-state index in [-0.39, 0.29) is 5.41 Å². The van der Waals surface area contributed by atoms with Gasteiger partial charge in [0.15, 0.2) is 11.2 Å². The molecule has 0 N–H and O–H groups in total. The molecular formula is C16H16ClIN4. The van der Waals surface area contributed by atoms with Crippen LogP contribution in [0.5, 0.6) is 0 Å². The number of aromatic nitrogens is 4. The molecule has 0 saturated heterocycles. The number of nitrogens with zero attached hydrogens (tertiary/aromatic N) is 4. The zero-order valence-corrected chi connectivity index (χ0v) is 15.6. The minimum absolute atomic E-state index is 0.0753. The number of rotatable bonds is 2. The van der Waals surface area contributed by atoms with Gasteiger partial charge >= 0.3 is 0 Å². The van der Waals surface area contributed by atoms with Gasteiger partial charge in [0.25, 0.3) is 0 Å². The standard InChI is InChI=1S/C16H16ClIN4/c1-16(2,3)13-8-11(17)14-15(19-13)22(21-20-14)9-10-6-4-5-7-12(10)18/h4-8H,9H2,1-3H3. The van der Waals surface area contributed by atoms with Gasteiger partial charge < -0.3 is 0 Å². The molecule has 22 heavy (non-hydrogen) atoms. The quantitative estimate of drug-likeness (QED) is 0.569. The van der Waals surface area contributed by atoms with E-state index in [9.17, 15) is 0 Å². The largest absolute Gasteiger partial charge is 0.231 e. The maximum atomic E-state index is 6.36. The zero-order valence-electron chi connectivity index (χ0n) is 12.6. The second-order valence-corrected chi connectivity index (χ2v) is 7.82. The second-order valence-electron chi connectivity index (χ2n) is 6.25. The summed E-state index contributed by atoms with van der Waals surface area (Å²) in [6.45, 7) is 6.98. The summed E-state index contributed by atoms with van der Waals surface area (Å²) in [7, 11) is 0. The van der Waals surface area contributed by atoms with Crippen molar-refractivity contribution in [2.24, 2.45) is 0 Å². The van der Waals surface area contributed by atoms with Crippen molar-refractivity contribution in [1.82, 2.24) is 20.0 Å². The molecule has 0 saturated carbocycles. The third-order valence-electron chi connectivity index (χ3n) is 3.47. The Kier molecular flexibility index (Phi) is 4.11. The Morgan fingerprint density at radius 2 is 1.95 bits per heavy atom. The molecule has 2 aromatic heterocycles. The molecule has 3 rings (SSSR count). The smallest absolute Gasteiger partial charge is 0.180 e. The van der Waals surface area contributed by atoms with Crippen molar-refractivity contribution in [2.45, 2.75) is 32.7 Å². The van der Waals surface area contributed by atoms with Gasteiger partial charge in [0.05, 0.1) is 11.6 Å². The molecule has 2 heterocycles. The van der Waals surface area contributed by atoms with Crippen LogP contribution in [0.25, 0.3) is 11.2 Å². The Balaban J connectivity index is 2.11. The normalized spacial score (nSPS) is 12.0. The molecule has 6 heteroatoms. The summed E-state index contributed by atoms with van der Waals surface area (Å²) in [6.07, 6.45) is 0. The topological polar surface area (TPSA) is 43.6 Å². The van der Waals surface area contributed by atoms with E-state index in [0.717, 1.165) is 11.3 Å². The van der Waals surface area contributed by atoms with E-state index in [1.165, 1.54) is 9.13 Å². The van der Waals surface area contributed by atoms with Gasteiger partial charge in [0.1, 0.15) is 0 Å². The third-order valence-corrected chi connectivity index (χ3v) is 4.81. The summed E-state index contributed by atoms with van der Waals surface area (Å²) in [5.74, 6) is 0.